The second kappa shape index (κ2) is 4.42. The van der Waals surface area contributed by atoms with Gasteiger partial charge in [-0.1, -0.05) is 26.0 Å². The highest BCUT2D eigenvalue weighted by atomic mass is 79.9. The number of benzene rings is 1. The van der Waals surface area contributed by atoms with Crippen molar-refractivity contribution in [3.63, 3.8) is 0 Å². The van der Waals surface area contributed by atoms with E-state index < -0.39 is 5.41 Å². The standard InChI is InChI=1S/C16H18BrNO2/c1-15(2)10-7-8-16(9-10,13(15)19)14(20)18-12-6-4-3-5-11(12)17/h3-6,10H,7-9H2,1-2H3,(H,18,20)/t10-,16+/m0/s1. The SMILES string of the molecule is CC1(C)C(=O)[C@@]2(C(=O)Nc3ccccc3Br)CC[C@H]1C2. The summed E-state index contributed by atoms with van der Waals surface area (Å²) >= 11 is 3.42. The lowest BCUT2D eigenvalue weighted by atomic mass is 9.70. The Bertz CT molecular complexity index is 596. The van der Waals surface area contributed by atoms with Gasteiger partial charge in [0.05, 0.1) is 5.69 Å². The summed E-state index contributed by atoms with van der Waals surface area (Å²) in [6.45, 7) is 3.96. The maximum atomic E-state index is 12.7. The lowest BCUT2D eigenvalue weighted by molar-refractivity contribution is -0.142. The fraction of sp³-hybridized carbons (Fsp3) is 0.500. The normalized spacial score (nSPS) is 30.6. The predicted octanol–water partition coefficient (Wildman–Crippen LogP) is 3.78. The number of para-hydroxylation sites is 1. The molecule has 1 aromatic carbocycles. The molecule has 2 atom stereocenters. The van der Waals surface area contributed by atoms with Crippen molar-refractivity contribution < 1.29 is 9.59 Å². The third-order valence-corrected chi connectivity index (χ3v) is 5.80. The van der Waals surface area contributed by atoms with Crippen molar-refractivity contribution >= 4 is 33.3 Å². The monoisotopic (exact) mass is 335 g/mol. The van der Waals surface area contributed by atoms with E-state index in [4.69, 9.17) is 0 Å². The van der Waals surface area contributed by atoms with Crippen LogP contribution in [0, 0.1) is 16.7 Å². The Hall–Kier alpha value is -1.16. The van der Waals surface area contributed by atoms with E-state index in [-0.39, 0.29) is 17.1 Å². The first-order valence-corrected chi connectivity index (χ1v) is 7.78. The van der Waals surface area contributed by atoms with Crippen molar-refractivity contribution in [2.75, 3.05) is 5.32 Å². The van der Waals surface area contributed by atoms with E-state index in [1.165, 1.54) is 0 Å². The molecule has 20 heavy (non-hydrogen) atoms. The molecular weight excluding hydrogens is 318 g/mol. The summed E-state index contributed by atoms with van der Waals surface area (Å²) in [5.41, 5.74) is -0.430. The quantitative estimate of drug-likeness (QED) is 0.836. The Kier molecular flexibility index (Phi) is 3.05. The molecule has 0 radical (unpaired) electrons. The molecule has 4 heteroatoms. The third kappa shape index (κ3) is 1.77. The van der Waals surface area contributed by atoms with Crippen molar-refractivity contribution in [1.82, 2.24) is 0 Å². The van der Waals surface area contributed by atoms with Gasteiger partial charge in [0.2, 0.25) is 5.91 Å². The highest BCUT2D eigenvalue weighted by molar-refractivity contribution is 9.10. The Morgan fingerprint density at radius 3 is 2.65 bits per heavy atom. The largest absolute Gasteiger partial charge is 0.324 e. The zero-order chi connectivity index (χ0) is 14.5. The summed E-state index contributed by atoms with van der Waals surface area (Å²) in [4.78, 5) is 25.3. The van der Waals surface area contributed by atoms with E-state index in [2.05, 4.69) is 21.2 Å². The Balaban J connectivity index is 1.89. The molecule has 0 aromatic heterocycles. The smallest absolute Gasteiger partial charge is 0.238 e. The highest BCUT2D eigenvalue weighted by Crippen LogP contribution is 2.60. The molecule has 2 aliphatic rings. The molecule has 2 bridgehead atoms. The predicted molar refractivity (Wildman–Crippen MR) is 81.3 cm³/mol. The number of ketones is 1. The Morgan fingerprint density at radius 2 is 2.05 bits per heavy atom. The molecule has 0 unspecified atom stereocenters. The van der Waals surface area contributed by atoms with Crippen LogP contribution in [0.3, 0.4) is 0 Å². The molecule has 3 nitrogen and oxygen atoms in total. The molecule has 1 N–H and O–H groups in total. The van der Waals surface area contributed by atoms with Gasteiger partial charge in [0, 0.05) is 9.89 Å². The summed E-state index contributed by atoms with van der Waals surface area (Å²) in [6, 6.07) is 7.49. The third-order valence-electron chi connectivity index (χ3n) is 5.11. The van der Waals surface area contributed by atoms with Crippen molar-refractivity contribution in [1.29, 1.82) is 0 Å². The Labute approximate surface area is 127 Å². The van der Waals surface area contributed by atoms with Crippen LogP contribution >= 0.6 is 15.9 Å². The average molecular weight is 336 g/mol. The van der Waals surface area contributed by atoms with Gasteiger partial charge in [-0.15, -0.1) is 0 Å². The van der Waals surface area contributed by atoms with Crippen molar-refractivity contribution in [2.45, 2.75) is 33.1 Å². The van der Waals surface area contributed by atoms with E-state index in [9.17, 15) is 9.59 Å². The van der Waals surface area contributed by atoms with Gasteiger partial charge in [-0.3, -0.25) is 9.59 Å². The molecule has 1 amide bonds. The molecule has 3 rings (SSSR count). The van der Waals surface area contributed by atoms with Gasteiger partial charge >= 0.3 is 0 Å². The fourth-order valence-corrected chi connectivity index (χ4v) is 4.17. The topological polar surface area (TPSA) is 46.2 Å². The van der Waals surface area contributed by atoms with Crippen LogP contribution < -0.4 is 5.32 Å². The number of hydrogen-bond acceptors (Lipinski definition) is 2. The molecule has 0 saturated heterocycles. The summed E-state index contributed by atoms with van der Waals surface area (Å²) in [5, 5.41) is 2.93. The van der Waals surface area contributed by atoms with Gasteiger partial charge in [0.15, 0.2) is 5.78 Å². The number of amides is 1. The number of hydrogen-bond donors (Lipinski definition) is 1. The number of Topliss-reactive ketones (excluding diaryl/α,β-unsaturated/α-hetero) is 1. The molecule has 2 aliphatic carbocycles. The first-order chi connectivity index (χ1) is 9.38. The van der Waals surface area contributed by atoms with Gasteiger partial charge in [-0.2, -0.15) is 0 Å². The van der Waals surface area contributed by atoms with E-state index >= 15 is 0 Å². The zero-order valence-corrected chi connectivity index (χ0v) is 13.3. The number of rotatable bonds is 2. The number of anilines is 1. The molecule has 2 fully saturated rings. The van der Waals surface area contributed by atoms with E-state index in [1.54, 1.807) is 0 Å². The average Bonchev–Trinajstić information content (AvgIpc) is 2.93. The maximum Gasteiger partial charge on any atom is 0.238 e. The summed E-state index contributed by atoms with van der Waals surface area (Å²) in [5.74, 6) is 0.327. The number of fused-ring (bicyclic) bond motifs is 2. The van der Waals surface area contributed by atoms with Crippen LogP contribution in [-0.2, 0) is 9.59 Å². The minimum atomic E-state index is -0.802. The van der Waals surface area contributed by atoms with Gasteiger partial charge < -0.3 is 5.32 Å². The first kappa shape index (κ1) is 13.8. The first-order valence-electron chi connectivity index (χ1n) is 6.99. The van der Waals surface area contributed by atoms with Gasteiger partial charge in [0.25, 0.3) is 0 Å². The molecule has 0 spiro atoms. The Morgan fingerprint density at radius 1 is 1.35 bits per heavy atom. The van der Waals surface area contributed by atoms with Gasteiger partial charge in [-0.25, -0.2) is 0 Å². The second-order valence-corrected chi connectivity index (χ2v) is 7.36. The highest BCUT2D eigenvalue weighted by Gasteiger charge is 2.65. The van der Waals surface area contributed by atoms with E-state index in [0.29, 0.717) is 18.8 Å². The number of carbonyl (C=O) groups is 2. The van der Waals surface area contributed by atoms with E-state index in [1.807, 2.05) is 38.1 Å². The van der Waals surface area contributed by atoms with E-state index in [0.717, 1.165) is 16.6 Å². The second-order valence-electron chi connectivity index (χ2n) is 6.51. The lowest BCUT2D eigenvalue weighted by Gasteiger charge is -2.32. The van der Waals surface area contributed by atoms with Crippen LogP contribution in [0.2, 0.25) is 0 Å². The van der Waals surface area contributed by atoms with Gasteiger partial charge in [0.1, 0.15) is 5.41 Å². The maximum absolute atomic E-state index is 12.7. The molecular formula is C16H18BrNO2. The van der Waals surface area contributed by atoms with Crippen molar-refractivity contribution in [3.05, 3.63) is 28.7 Å². The lowest BCUT2D eigenvalue weighted by Crippen LogP contribution is -2.44. The van der Waals surface area contributed by atoms with Crippen LogP contribution in [0.4, 0.5) is 5.69 Å². The molecule has 0 aliphatic heterocycles. The van der Waals surface area contributed by atoms with Gasteiger partial charge in [-0.05, 0) is 53.2 Å². The van der Waals surface area contributed by atoms with Crippen molar-refractivity contribution in [2.24, 2.45) is 16.7 Å². The van der Waals surface area contributed by atoms with Crippen LogP contribution in [-0.4, -0.2) is 11.7 Å². The minimum Gasteiger partial charge on any atom is -0.324 e. The molecule has 1 aromatic rings. The number of halogens is 1. The molecule has 106 valence electrons. The molecule has 0 heterocycles. The van der Waals surface area contributed by atoms with Crippen molar-refractivity contribution in [3.8, 4) is 0 Å². The van der Waals surface area contributed by atoms with Crippen LogP contribution in [0.1, 0.15) is 33.1 Å². The fourth-order valence-electron chi connectivity index (χ4n) is 3.78. The molecule has 2 saturated carbocycles. The van der Waals surface area contributed by atoms with Crippen LogP contribution in [0.5, 0.6) is 0 Å². The summed E-state index contributed by atoms with van der Waals surface area (Å²) < 4.78 is 0.837. The van der Waals surface area contributed by atoms with Crippen LogP contribution in [0.25, 0.3) is 0 Å². The van der Waals surface area contributed by atoms with Crippen LogP contribution in [0.15, 0.2) is 28.7 Å². The summed E-state index contributed by atoms with van der Waals surface area (Å²) in [7, 11) is 0. The zero-order valence-electron chi connectivity index (χ0n) is 11.7. The number of carbonyl (C=O) groups excluding carboxylic acids is 2. The number of nitrogens with one attached hydrogen (secondary N) is 1. The summed E-state index contributed by atoms with van der Waals surface area (Å²) in [6.07, 6.45) is 2.37. The minimum absolute atomic E-state index is 0.116.